The standard InChI is InChI=1S/C13H11FN4O/c14-11-2-1-5-17-7-10(16-13(11)17)8-18-6-9(15)3-4-12(18)19/h1-7H,8,15H2. The first-order chi connectivity index (χ1) is 9.13. The largest absolute Gasteiger partial charge is 0.398 e. The number of hydrogen-bond acceptors (Lipinski definition) is 3. The fraction of sp³-hybridized carbons (Fsp3) is 0.0769. The van der Waals surface area contributed by atoms with Gasteiger partial charge >= 0.3 is 0 Å². The van der Waals surface area contributed by atoms with Gasteiger partial charge in [-0.15, -0.1) is 0 Å². The summed E-state index contributed by atoms with van der Waals surface area (Å²) in [6, 6.07) is 5.88. The molecule has 5 nitrogen and oxygen atoms in total. The molecule has 0 spiro atoms. The molecule has 0 saturated carbocycles. The van der Waals surface area contributed by atoms with Crippen molar-refractivity contribution in [2.24, 2.45) is 0 Å². The molecule has 3 rings (SSSR count). The first-order valence-electron chi connectivity index (χ1n) is 5.71. The normalized spacial score (nSPS) is 11.0. The molecule has 0 aliphatic carbocycles. The molecule has 0 unspecified atom stereocenters. The van der Waals surface area contributed by atoms with Crippen LogP contribution in [0.2, 0.25) is 0 Å². The third kappa shape index (κ3) is 2.08. The number of aromatic nitrogens is 3. The van der Waals surface area contributed by atoms with Crippen molar-refractivity contribution in [1.82, 2.24) is 14.0 Å². The lowest BCUT2D eigenvalue weighted by atomic mass is 10.4. The van der Waals surface area contributed by atoms with Crippen LogP contribution in [0.25, 0.3) is 5.65 Å². The predicted octanol–water partition coefficient (Wildman–Crippen LogP) is 1.27. The molecule has 3 heterocycles. The number of anilines is 1. The molecule has 0 atom stereocenters. The van der Waals surface area contributed by atoms with E-state index in [4.69, 9.17) is 5.73 Å². The topological polar surface area (TPSA) is 65.3 Å². The van der Waals surface area contributed by atoms with E-state index in [0.29, 0.717) is 11.4 Å². The fourth-order valence-electron chi connectivity index (χ4n) is 1.95. The summed E-state index contributed by atoms with van der Waals surface area (Å²) in [6.45, 7) is 0.255. The zero-order valence-electron chi connectivity index (χ0n) is 9.95. The summed E-state index contributed by atoms with van der Waals surface area (Å²) in [6.07, 6.45) is 4.94. The highest BCUT2D eigenvalue weighted by atomic mass is 19.1. The van der Waals surface area contributed by atoms with Gasteiger partial charge in [-0.05, 0) is 18.2 Å². The molecule has 0 saturated heterocycles. The molecule has 96 valence electrons. The number of halogens is 1. The molecule has 3 aromatic rings. The van der Waals surface area contributed by atoms with Crippen molar-refractivity contribution in [2.45, 2.75) is 6.54 Å². The monoisotopic (exact) mass is 258 g/mol. The Morgan fingerprint density at radius 2 is 2.11 bits per heavy atom. The van der Waals surface area contributed by atoms with Gasteiger partial charge in [0.25, 0.3) is 5.56 Å². The molecule has 19 heavy (non-hydrogen) atoms. The number of imidazole rings is 1. The highest BCUT2D eigenvalue weighted by molar-refractivity contribution is 5.41. The van der Waals surface area contributed by atoms with E-state index in [-0.39, 0.29) is 17.8 Å². The van der Waals surface area contributed by atoms with Crippen LogP contribution in [-0.4, -0.2) is 14.0 Å². The Morgan fingerprint density at radius 3 is 2.89 bits per heavy atom. The van der Waals surface area contributed by atoms with Crippen LogP contribution in [-0.2, 0) is 6.54 Å². The third-order valence-corrected chi connectivity index (χ3v) is 2.82. The van der Waals surface area contributed by atoms with E-state index >= 15 is 0 Å². The molecular weight excluding hydrogens is 247 g/mol. The average Bonchev–Trinajstić information content (AvgIpc) is 2.78. The molecule has 0 amide bonds. The molecule has 6 heteroatoms. The number of hydrogen-bond donors (Lipinski definition) is 1. The minimum atomic E-state index is -0.395. The second-order valence-electron chi connectivity index (χ2n) is 4.25. The van der Waals surface area contributed by atoms with Crippen LogP contribution in [0.1, 0.15) is 5.69 Å². The smallest absolute Gasteiger partial charge is 0.251 e. The van der Waals surface area contributed by atoms with Crippen molar-refractivity contribution >= 4 is 11.3 Å². The summed E-state index contributed by atoms with van der Waals surface area (Å²) >= 11 is 0. The van der Waals surface area contributed by atoms with Crippen LogP contribution in [0, 0.1) is 5.82 Å². The number of nitrogens with two attached hydrogens (primary N) is 1. The maximum absolute atomic E-state index is 13.5. The maximum atomic E-state index is 13.5. The molecule has 0 aliphatic heterocycles. The number of nitrogen functional groups attached to an aromatic ring is 1. The van der Waals surface area contributed by atoms with Crippen molar-refractivity contribution < 1.29 is 4.39 Å². The summed E-state index contributed by atoms with van der Waals surface area (Å²) in [5, 5.41) is 0. The quantitative estimate of drug-likeness (QED) is 0.752. The highest BCUT2D eigenvalue weighted by Gasteiger charge is 2.07. The minimum absolute atomic E-state index is 0.174. The van der Waals surface area contributed by atoms with Gasteiger partial charge in [-0.1, -0.05) is 0 Å². The molecule has 0 radical (unpaired) electrons. The van der Waals surface area contributed by atoms with Crippen molar-refractivity contribution in [3.8, 4) is 0 Å². The van der Waals surface area contributed by atoms with E-state index < -0.39 is 5.82 Å². The number of pyridine rings is 2. The van der Waals surface area contributed by atoms with E-state index in [2.05, 4.69) is 4.98 Å². The van der Waals surface area contributed by atoms with E-state index in [0.717, 1.165) is 0 Å². The van der Waals surface area contributed by atoms with Crippen molar-refractivity contribution in [3.63, 3.8) is 0 Å². The van der Waals surface area contributed by atoms with Crippen LogP contribution in [0.5, 0.6) is 0 Å². The second kappa shape index (κ2) is 4.24. The van der Waals surface area contributed by atoms with Crippen LogP contribution in [0.4, 0.5) is 10.1 Å². The Labute approximate surface area is 107 Å². The van der Waals surface area contributed by atoms with Crippen LogP contribution in [0.15, 0.2) is 47.7 Å². The predicted molar refractivity (Wildman–Crippen MR) is 69.4 cm³/mol. The molecule has 0 aromatic carbocycles. The van der Waals surface area contributed by atoms with Crippen LogP contribution < -0.4 is 11.3 Å². The summed E-state index contributed by atoms with van der Waals surface area (Å²) in [4.78, 5) is 15.8. The van der Waals surface area contributed by atoms with E-state index in [9.17, 15) is 9.18 Å². The molecule has 2 N–H and O–H groups in total. The lowest BCUT2D eigenvalue weighted by molar-refractivity contribution is 0.629. The number of fused-ring (bicyclic) bond motifs is 1. The SMILES string of the molecule is Nc1ccc(=O)n(Cc2cn3cccc(F)c3n2)c1. The molecule has 0 aliphatic rings. The molecule has 0 fully saturated rings. The van der Waals surface area contributed by atoms with E-state index in [1.165, 1.54) is 16.7 Å². The van der Waals surface area contributed by atoms with Gasteiger partial charge in [0.05, 0.1) is 12.2 Å². The highest BCUT2D eigenvalue weighted by Crippen LogP contribution is 2.10. The van der Waals surface area contributed by atoms with E-state index in [1.54, 1.807) is 35.1 Å². The lowest BCUT2D eigenvalue weighted by Crippen LogP contribution is -2.19. The first kappa shape index (κ1) is 11.5. The average molecular weight is 258 g/mol. The fourth-order valence-corrected chi connectivity index (χ4v) is 1.95. The Morgan fingerprint density at radius 1 is 1.26 bits per heavy atom. The van der Waals surface area contributed by atoms with Gasteiger partial charge in [-0.2, -0.15) is 0 Å². The van der Waals surface area contributed by atoms with Gasteiger partial charge in [-0.3, -0.25) is 4.79 Å². The summed E-state index contributed by atoms with van der Waals surface area (Å²) in [5.41, 5.74) is 6.80. The van der Waals surface area contributed by atoms with Gasteiger partial charge in [0.15, 0.2) is 11.5 Å². The Bertz CT molecular complexity index is 806. The molecule has 0 bridgehead atoms. The van der Waals surface area contributed by atoms with Crippen molar-refractivity contribution in [2.75, 3.05) is 5.73 Å². The number of nitrogens with zero attached hydrogens (tertiary/aromatic N) is 3. The zero-order valence-corrected chi connectivity index (χ0v) is 9.95. The Hall–Kier alpha value is -2.63. The van der Waals surface area contributed by atoms with Crippen LogP contribution in [0.3, 0.4) is 0 Å². The zero-order chi connectivity index (χ0) is 13.4. The number of rotatable bonds is 2. The Balaban J connectivity index is 2.04. The summed E-state index contributed by atoms with van der Waals surface area (Å²) in [5.74, 6) is -0.395. The van der Waals surface area contributed by atoms with Gasteiger partial charge in [0.2, 0.25) is 0 Å². The summed E-state index contributed by atoms with van der Waals surface area (Å²) < 4.78 is 16.5. The first-order valence-corrected chi connectivity index (χ1v) is 5.71. The molecular formula is C13H11FN4O. The van der Waals surface area contributed by atoms with Crippen molar-refractivity contribution in [3.05, 3.63) is 64.7 Å². The lowest BCUT2D eigenvalue weighted by Gasteiger charge is -2.03. The second-order valence-corrected chi connectivity index (χ2v) is 4.25. The van der Waals surface area contributed by atoms with Gasteiger partial charge in [0.1, 0.15) is 0 Å². The van der Waals surface area contributed by atoms with Crippen LogP contribution >= 0.6 is 0 Å². The van der Waals surface area contributed by atoms with Gasteiger partial charge < -0.3 is 14.7 Å². The van der Waals surface area contributed by atoms with E-state index in [1.807, 2.05) is 0 Å². The maximum Gasteiger partial charge on any atom is 0.251 e. The van der Waals surface area contributed by atoms with Gasteiger partial charge in [0, 0.05) is 30.3 Å². The molecule has 3 aromatic heterocycles. The third-order valence-electron chi connectivity index (χ3n) is 2.82. The summed E-state index contributed by atoms with van der Waals surface area (Å²) in [7, 11) is 0. The Kier molecular flexibility index (Phi) is 2.56. The van der Waals surface area contributed by atoms with Gasteiger partial charge in [-0.25, -0.2) is 9.37 Å². The minimum Gasteiger partial charge on any atom is -0.398 e. The van der Waals surface area contributed by atoms with Crippen molar-refractivity contribution in [1.29, 1.82) is 0 Å².